The number of likely N-dealkylation sites (N-methyl/N-ethyl adjacent to an activating group) is 1. The number of hydrogen-bond acceptors (Lipinski definition) is 3. The molecule has 1 fully saturated rings. The van der Waals surface area contributed by atoms with Crippen LogP contribution in [0.4, 0.5) is 5.69 Å². The first kappa shape index (κ1) is 21.7. The van der Waals surface area contributed by atoms with E-state index in [2.05, 4.69) is 34.4 Å². The molecule has 1 aromatic rings. The lowest BCUT2D eigenvalue weighted by atomic mass is 10.1. The Morgan fingerprint density at radius 2 is 2.20 bits per heavy atom. The number of likely N-dealkylation sites (tertiary alicyclic amines) is 1. The molecule has 0 aromatic heterocycles. The summed E-state index contributed by atoms with van der Waals surface area (Å²) in [5, 5.41) is 5.98. The van der Waals surface area contributed by atoms with E-state index in [1.54, 1.807) is 0 Å². The van der Waals surface area contributed by atoms with Crippen LogP contribution in [0.3, 0.4) is 0 Å². The van der Waals surface area contributed by atoms with E-state index in [4.69, 9.17) is 5.73 Å². The Kier molecular flexibility index (Phi) is 9.81. The van der Waals surface area contributed by atoms with Gasteiger partial charge in [-0.1, -0.05) is 26.0 Å². The van der Waals surface area contributed by atoms with Crippen LogP contribution in [0.2, 0.25) is 0 Å². The highest BCUT2D eigenvalue weighted by Gasteiger charge is 2.22. The van der Waals surface area contributed by atoms with Gasteiger partial charge in [0, 0.05) is 18.3 Å². The van der Waals surface area contributed by atoms with Gasteiger partial charge in [-0.15, -0.1) is 24.0 Å². The van der Waals surface area contributed by atoms with E-state index < -0.39 is 0 Å². The molecule has 1 aliphatic rings. The van der Waals surface area contributed by atoms with Gasteiger partial charge in [-0.05, 0) is 50.0 Å². The zero-order valence-electron chi connectivity index (χ0n) is 15.1. The minimum atomic E-state index is -0.163. The third-order valence-electron chi connectivity index (χ3n) is 4.44. The summed E-state index contributed by atoms with van der Waals surface area (Å²) >= 11 is 0. The van der Waals surface area contributed by atoms with E-state index in [1.807, 2.05) is 24.3 Å². The number of carbonyl (C=O) groups excluding carboxylic acids is 1. The molecule has 25 heavy (non-hydrogen) atoms. The number of aryl methyl sites for hydroxylation is 1. The van der Waals surface area contributed by atoms with Crippen molar-refractivity contribution in [3.05, 3.63) is 29.8 Å². The number of halogens is 1. The van der Waals surface area contributed by atoms with Crippen LogP contribution in [0.5, 0.6) is 0 Å². The van der Waals surface area contributed by atoms with E-state index in [-0.39, 0.29) is 36.4 Å². The highest BCUT2D eigenvalue weighted by atomic mass is 127. The molecule has 1 atom stereocenters. The van der Waals surface area contributed by atoms with Gasteiger partial charge in [-0.25, -0.2) is 4.99 Å². The molecule has 1 aromatic carbocycles. The monoisotopic (exact) mass is 459 g/mol. The third kappa shape index (κ3) is 7.19. The molecular formula is C18H30IN5O. The van der Waals surface area contributed by atoms with Crippen molar-refractivity contribution in [1.29, 1.82) is 0 Å². The number of guanidine groups is 1. The first-order chi connectivity index (χ1) is 11.6. The molecule has 4 N–H and O–H groups in total. The summed E-state index contributed by atoms with van der Waals surface area (Å²) in [5.74, 6) is 0.166. The number of benzene rings is 1. The molecule has 0 bridgehead atoms. The Morgan fingerprint density at radius 1 is 1.40 bits per heavy atom. The van der Waals surface area contributed by atoms with Gasteiger partial charge in [-0.2, -0.15) is 0 Å². The lowest BCUT2D eigenvalue weighted by Gasteiger charge is -2.23. The zero-order chi connectivity index (χ0) is 17.4. The van der Waals surface area contributed by atoms with Crippen molar-refractivity contribution in [1.82, 2.24) is 10.2 Å². The average Bonchev–Trinajstić information content (AvgIpc) is 3.06. The van der Waals surface area contributed by atoms with Crippen LogP contribution in [-0.2, 0) is 11.2 Å². The van der Waals surface area contributed by atoms with Crippen molar-refractivity contribution in [3.63, 3.8) is 0 Å². The minimum Gasteiger partial charge on any atom is -0.370 e. The number of carbonyl (C=O) groups is 1. The molecule has 1 heterocycles. The molecule has 1 saturated heterocycles. The van der Waals surface area contributed by atoms with Crippen molar-refractivity contribution < 1.29 is 4.79 Å². The number of amides is 1. The quantitative estimate of drug-likeness (QED) is 0.332. The number of nitrogens with two attached hydrogens (primary N) is 1. The highest BCUT2D eigenvalue weighted by molar-refractivity contribution is 14.0. The molecular weight excluding hydrogens is 429 g/mol. The molecule has 0 aliphatic carbocycles. The minimum absolute atomic E-state index is 0. The van der Waals surface area contributed by atoms with E-state index in [9.17, 15) is 4.79 Å². The van der Waals surface area contributed by atoms with E-state index >= 15 is 0 Å². The number of anilines is 1. The molecule has 1 aliphatic heterocycles. The second-order valence-corrected chi connectivity index (χ2v) is 6.11. The maximum atomic E-state index is 12.0. The van der Waals surface area contributed by atoms with Gasteiger partial charge < -0.3 is 16.4 Å². The molecule has 6 nitrogen and oxygen atoms in total. The van der Waals surface area contributed by atoms with Gasteiger partial charge in [0.05, 0.1) is 0 Å². The van der Waals surface area contributed by atoms with Crippen LogP contribution >= 0.6 is 24.0 Å². The molecule has 0 saturated carbocycles. The smallest absolute Gasteiger partial charge is 0.246 e. The fourth-order valence-electron chi connectivity index (χ4n) is 3.05. The summed E-state index contributed by atoms with van der Waals surface area (Å²) in [6.45, 7) is 7.28. The van der Waals surface area contributed by atoms with Gasteiger partial charge in [0.15, 0.2) is 5.96 Å². The molecule has 7 heteroatoms. The predicted octanol–water partition coefficient (Wildman–Crippen LogP) is 2.19. The van der Waals surface area contributed by atoms with Gasteiger partial charge in [0.2, 0.25) is 5.91 Å². The van der Waals surface area contributed by atoms with Crippen molar-refractivity contribution in [3.8, 4) is 0 Å². The Labute approximate surface area is 167 Å². The summed E-state index contributed by atoms with van der Waals surface area (Å²) in [5.41, 5.74) is 7.85. The fourth-order valence-corrected chi connectivity index (χ4v) is 3.05. The highest BCUT2D eigenvalue weighted by Crippen LogP contribution is 2.15. The second-order valence-electron chi connectivity index (χ2n) is 6.11. The predicted molar refractivity (Wildman–Crippen MR) is 115 cm³/mol. The van der Waals surface area contributed by atoms with Crippen molar-refractivity contribution >= 4 is 41.5 Å². The van der Waals surface area contributed by atoms with Crippen molar-refractivity contribution in [2.24, 2.45) is 10.7 Å². The van der Waals surface area contributed by atoms with Gasteiger partial charge in [0.25, 0.3) is 0 Å². The maximum absolute atomic E-state index is 12.0. The topological polar surface area (TPSA) is 82.8 Å². The van der Waals surface area contributed by atoms with Gasteiger partial charge in [-0.3, -0.25) is 9.69 Å². The summed E-state index contributed by atoms with van der Waals surface area (Å²) in [6, 6.07) is 8.34. The first-order valence-electron chi connectivity index (χ1n) is 8.79. The molecule has 140 valence electrons. The Hall–Kier alpha value is -1.35. The lowest BCUT2D eigenvalue weighted by molar-refractivity contribution is -0.114. The van der Waals surface area contributed by atoms with Gasteiger partial charge in [0.1, 0.15) is 6.54 Å². The van der Waals surface area contributed by atoms with E-state index in [0.717, 1.165) is 31.7 Å². The SMILES string of the molecule is CCc1cccc(NC(=O)CN=C(N)NCC2CCCN2CC)c1.I. The largest absolute Gasteiger partial charge is 0.370 e. The number of rotatable bonds is 7. The second kappa shape index (κ2) is 11.3. The summed E-state index contributed by atoms with van der Waals surface area (Å²) in [7, 11) is 0. The molecule has 0 spiro atoms. The summed E-state index contributed by atoms with van der Waals surface area (Å²) in [4.78, 5) is 18.5. The van der Waals surface area contributed by atoms with Crippen LogP contribution in [0.15, 0.2) is 29.3 Å². The van der Waals surface area contributed by atoms with Gasteiger partial charge >= 0.3 is 0 Å². The number of nitrogens with zero attached hydrogens (tertiary/aromatic N) is 2. The summed E-state index contributed by atoms with van der Waals surface area (Å²) in [6.07, 6.45) is 3.35. The normalized spacial score (nSPS) is 17.8. The van der Waals surface area contributed by atoms with Crippen LogP contribution < -0.4 is 16.4 Å². The first-order valence-corrected chi connectivity index (χ1v) is 8.79. The average molecular weight is 459 g/mol. The fraction of sp³-hybridized carbons (Fsp3) is 0.556. The Morgan fingerprint density at radius 3 is 2.92 bits per heavy atom. The van der Waals surface area contributed by atoms with Crippen molar-refractivity contribution in [2.45, 2.75) is 39.2 Å². The summed E-state index contributed by atoms with van der Waals surface area (Å²) < 4.78 is 0. The molecule has 2 rings (SSSR count). The lowest BCUT2D eigenvalue weighted by Crippen LogP contribution is -2.43. The van der Waals surface area contributed by atoms with E-state index in [0.29, 0.717) is 12.0 Å². The Bertz CT molecular complexity index is 578. The number of aliphatic imine (C=N–C) groups is 1. The number of hydrogen-bond donors (Lipinski definition) is 3. The maximum Gasteiger partial charge on any atom is 0.246 e. The molecule has 1 amide bonds. The van der Waals surface area contributed by atoms with Crippen LogP contribution in [-0.4, -0.2) is 49.0 Å². The van der Waals surface area contributed by atoms with Crippen LogP contribution in [0.25, 0.3) is 0 Å². The number of nitrogens with one attached hydrogen (secondary N) is 2. The molecule has 1 unspecified atom stereocenters. The zero-order valence-corrected chi connectivity index (χ0v) is 17.5. The Balaban J connectivity index is 0.00000312. The van der Waals surface area contributed by atoms with Crippen molar-refractivity contribution in [2.75, 3.05) is 31.5 Å². The van der Waals surface area contributed by atoms with Crippen LogP contribution in [0, 0.1) is 0 Å². The van der Waals surface area contributed by atoms with Crippen LogP contribution in [0.1, 0.15) is 32.3 Å². The van der Waals surface area contributed by atoms with E-state index in [1.165, 1.54) is 18.4 Å². The molecule has 0 radical (unpaired) electrons. The standard InChI is InChI=1S/C18H29N5O.HI/c1-3-14-7-5-8-15(11-14)22-17(24)13-21-18(19)20-12-16-9-6-10-23(16)4-2;/h5,7-8,11,16H,3-4,6,9-10,12-13H2,1-2H3,(H,22,24)(H3,19,20,21);1H. The third-order valence-corrected chi connectivity index (χ3v) is 4.44.